The van der Waals surface area contributed by atoms with E-state index in [4.69, 9.17) is 22.2 Å². The van der Waals surface area contributed by atoms with Gasteiger partial charge in [-0.05, 0) is 56.3 Å². The van der Waals surface area contributed by atoms with E-state index >= 15 is 0 Å². The molecular weight excluding hydrogens is 392 g/mol. The molecule has 0 radical (unpaired) electrons. The van der Waals surface area contributed by atoms with Crippen molar-refractivity contribution < 1.29 is 0 Å². The van der Waals surface area contributed by atoms with Gasteiger partial charge in [-0.2, -0.15) is 9.97 Å². The topological polar surface area (TPSA) is 56.3 Å². The minimum Gasteiger partial charge on any atom is -0.358 e. The summed E-state index contributed by atoms with van der Waals surface area (Å²) >= 11 is 5.53. The number of piperidine rings is 1. The summed E-state index contributed by atoms with van der Waals surface area (Å²) in [7, 11) is 0. The summed E-state index contributed by atoms with van der Waals surface area (Å²) in [4.78, 5) is 14.4. The molecule has 2 aliphatic rings. The lowest BCUT2D eigenvalue weighted by molar-refractivity contribution is 0.444. The molecule has 3 heterocycles. The summed E-state index contributed by atoms with van der Waals surface area (Å²) < 4.78 is 0. The highest BCUT2D eigenvalue weighted by Gasteiger charge is 2.22. The van der Waals surface area contributed by atoms with E-state index in [-0.39, 0.29) is 0 Å². The van der Waals surface area contributed by atoms with Gasteiger partial charge in [0.1, 0.15) is 11.6 Å². The second-order valence-corrected chi connectivity index (χ2v) is 9.00. The van der Waals surface area contributed by atoms with Gasteiger partial charge < -0.3 is 20.4 Å². The fourth-order valence-electron chi connectivity index (χ4n) is 4.18. The largest absolute Gasteiger partial charge is 0.358 e. The lowest BCUT2D eigenvalue weighted by Gasteiger charge is -2.32. The summed E-state index contributed by atoms with van der Waals surface area (Å²) in [6, 6.07) is 10.6. The van der Waals surface area contributed by atoms with E-state index < -0.39 is 0 Å². The molecule has 2 aromatic rings. The van der Waals surface area contributed by atoms with Gasteiger partial charge in [-0.15, -0.1) is 0 Å². The minimum atomic E-state index is 0.548. The molecule has 0 amide bonds. The fourth-order valence-corrected chi connectivity index (χ4v) is 4.34. The highest BCUT2D eigenvalue weighted by molar-refractivity contribution is 7.80. The molecule has 0 saturated carbocycles. The molecule has 2 N–H and O–H groups in total. The Morgan fingerprint density at radius 3 is 2.40 bits per heavy atom. The Morgan fingerprint density at radius 1 is 1.03 bits per heavy atom. The number of hydrogen-bond acceptors (Lipinski definition) is 5. The Kier molecular flexibility index (Phi) is 6.67. The van der Waals surface area contributed by atoms with Gasteiger partial charge in [-0.25, -0.2) is 0 Å². The summed E-state index contributed by atoms with van der Waals surface area (Å²) in [5, 5.41) is 7.05. The van der Waals surface area contributed by atoms with E-state index in [9.17, 15) is 0 Å². The third kappa shape index (κ3) is 5.39. The predicted octanol–water partition coefficient (Wildman–Crippen LogP) is 4.11. The van der Waals surface area contributed by atoms with Crippen molar-refractivity contribution in [3.05, 3.63) is 41.5 Å². The van der Waals surface area contributed by atoms with Crippen molar-refractivity contribution in [1.29, 1.82) is 0 Å². The summed E-state index contributed by atoms with van der Waals surface area (Å²) in [6.45, 7) is 9.30. The Labute approximate surface area is 185 Å². The van der Waals surface area contributed by atoms with E-state index in [0.717, 1.165) is 37.8 Å². The van der Waals surface area contributed by atoms with Crippen LogP contribution in [0.1, 0.15) is 43.7 Å². The fraction of sp³-hybridized carbons (Fsp3) is 0.522. The van der Waals surface area contributed by atoms with Crippen molar-refractivity contribution in [1.82, 2.24) is 15.3 Å². The zero-order valence-corrected chi connectivity index (χ0v) is 18.8. The van der Waals surface area contributed by atoms with E-state index in [2.05, 4.69) is 64.6 Å². The van der Waals surface area contributed by atoms with Crippen LogP contribution in [0.25, 0.3) is 0 Å². The first kappa shape index (κ1) is 20.8. The molecule has 0 spiro atoms. The lowest BCUT2D eigenvalue weighted by Crippen LogP contribution is -2.35. The first-order valence-electron chi connectivity index (χ1n) is 11.1. The van der Waals surface area contributed by atoms with E-state index in [1.807, 2.05) is 0 Å². The molecule has 0 aliphatic carbocycles. The maximum Gasteiger partial charge on any atom is 0.232 e. The maximum absolute atomic E-state index is 5.53. The Balaban J connectivity index is 1.47. The SMILES string of the molecule is Cc1ccc(CNC(=S)Nc2nc(N3CCCC3)cc(N3CCC[C@H](C)C3)n2)cc1. The number of nitrogens with zero attached hydrogens (tertiary/aromatic N) is 4. The molecule has 6 nitrogen and oxygen atoms in total. The third-order valence-corrected chi connectivity index (χ3v) is 6.16. The van der Waals surface area contributed by atoms with Crippen molar-refractivity contribution >= 4 is 34.9 Å². The second kappa shape index (κ2) is 9.60. The summed E-state index contributed by atoms with van der Waals surface area (Å²) in [5.74, 6) is 3.27. The molecule has 1 aromatic carbocycles. The molecule has 0 unspecified atom stereocenters. The zero-order valence-electron chi connectivity index (χ0n) is 18.0. The van der Waals surface area contributed by atoms with Gasteiger partial charge in [0.2, 0.25) is 5.95 Å². The van der Waals surface area contributed by atoms with Gasteiger partial charge in [0.05, 0.1) is 0 Å². The average molecular weight is 425 g/mol. The molecule has 2 aliphatic heterocycles. The second-order valence-electron chi connectivity index (χ2n) is 8.59. The van der Waals surface area contributed by atoms with Gasteiger partial charge in [0, 0.05) is 38.8 Å². The van der Waals surface area contributed by atoms with Crippen LogP contribution >= 0.6 is 12.2 Å². The highest BCUT2D eigenvalue weighted by Crippen LogP contribution is 2.27. The van der Waals surface area contributed by atoms with Gasteiger partial charge in [0.25, 0.3) is 0 Å². The van der Waals surface area contributed by atoms with Crippen LogP contribution in [0.4, 0.5) is 17.6 Å². The number of benzene rings is 1. The number of nitrogens with one attached hydrogen (secondary N) is 2. The first-order chi connectivity index (χ1) is 14.6. The van der Waals surface area contributed by atoms with Crippen LogP contribution in [0, 0.1) is 12.8 Å². The Bertz CT molecular complexity index is 862. The first-order valence-corrected chi connectivity index (χ1v) is 11.5. The van der Waals surface area contributed by atoms with Crippen molar-refractivity contribution in [3.63, 3.8) is 0 Å². The molecule has 2 fully saturated rings. The number of hydrogen-bond donors (Lipinski definition) is 2. The van der Waals surface area contributed by atoms with Crippen LogP contribution in [0.15, 0.2) is 30.3 Å². The quantitative estimate of drug-likeness (QED) is 0.701. The van der Waals surface area contributed by atoms with E-state index in [0.29, 0.717) is 23.5 Å². The van der Waals surface area contributed by atoms with Crippen LogP contribution in [0.2, 0.25) is 0 Å². The van der Waals surface area contributed by atoms with E-state index in [1.54, 1.807) is 0 Å². The van der Waals surface area contributed by atoms with Crippen molar-refractivity contribution in [2.45, 2.75) is 46.1 Å². The van der Waals surface area contributed by atoms with Crippen LogP contribution in [-0.4, -0.2) is 41.3 Å². The van der Waals surface area contributed by atoms with Gasteiger partial charge >= 0.3 is 0 Å². The minimum absolute atomic E-state index is 0.548. The van der Waals surface area contributed by atoms with Crippen molar-refractivity contribution in [2.75, 3.05) is 41.3 Å². The Hall–Kier alpha value is -2.41. The van der Waals surface area contributed by atoms with Crippen LogP contribution < -0.4 is 20.4 Å². The molecule has 1 atom stereocenters. The third-order valence-electron chi connectivity index (χ3n) is 5.91. The van der Waals surface area contributed by atoms with Gasteiger partial charge in [0.15, 0.2) is 5.11 Å². The van der Waals surface area contributed by atoms with Gasteiger partial charge in [-0.3, -0.25) is 0 Å². The normalized spacial score (nSPS) is 19.1. The van der Waals surface area contributed by atoms with Crippen molar-refractivity contribution in [2.24, 2.45) is 5.92 Å². The molecule has 4 rings (SSSR count). The standard InChI is InChI=1S/C23H32N6S/c1-17-7-9-19(10-8-17)15-24-23(30)27-22-25-20(28-11-3-4-12-28)14-21(26-22)29-13-5-6-18(2)16-29/h7-10,14,18H,3-6,11-13,15-16H2,1-2H3,(H2,24,25,26,27,30)/t18-/m0/s1. The molecule has 0 bridgehead atoms. The number of rotatable bonds is 5. The molecule has 1 aromatic heterocycles. The summed E-state index contributed by atoms with van der Waals surface area (Å²) in [6.07, 6.45) is 4.95. The number of anilines is 3. The molecule has 2 saturated heterocycles. The molecule has 7 heteroatoms. The van der Waals surface area contributed by atoms with Crippen LogP contribution in [0.5, 0.6) is 0 Å². The number of aromatic nitrogens is 2. The average Bonchev–Trinajstić information content (AvgIpc) is 3.28. The summed E-state index contributed by atoms with van der Waals surface area (Å²) in [5.41, 5.74) is 2.45. The predicted molar refractivity (Wildman–Crippen MR) is 128 cm³/mol. The lowest BCUT2D eigenvalue weighted by atomic mass is 10.0. The van der Waals surface area contributed by atoms with Gasteiger partial charge in [-0.1, -0.05) is 36.8 Å². The van der Waals surface area contributed by atoms with Crippen LogP contribution in [0.3, 0.4) is 0 Å². The van der Waals surface area contributed by atoms with Crippen LogP contribution in [-0.2, 0) is 6.54 Å². The Morgan fingerprint density at radius 2 is 1.70 bits per heavy atom. The smallest absolute Gasteiger partial charge is 0.232 e. The molecular formula is C23H32N6S. The molecule has 30 heavy (non-hydrogen) atoms. The highest BCUT2D eigenvalue weighted by atomic mass is 32.1. The monoisotopic (exact) mass is 424 g/mol. The maximum atomic E-state index is 5.53. The number of thiocarbonyl (C=S) groups is 1. The zero-order chi connectivity index (χ0) is 20.9. The van der Waals surface area contributed by atoms with Crippen molar-refractivity contribution in [3.8, 4) is 0 Å². The molecule has 160 valence electrons. The van der Waals surface area contributed by atoms with E-state index in [1.165, 1.54) is 36.8 Å². The number of aryl methyl sites for hydroxylation is 1.